The van der Waals surface area contributed by atoms with Crippen LogP contribution in [-0.2, 0) is 15.1 Å². The van der Waals surface area contributed by atoms with E-state index in [0.29, 0.717) is 33.0 Å². The molecule has 2 saturated heterocycles. The van der Waals surface area contributed by atoms with Crippen LogP contribution in [-0.4, -0.2) is 80.8 Å². The molecule has 0 radical (unpaired) electrons. The third kappa shape index (κ3) is 6.10. The molecule has 4 aliphatic heterocycles. The molecule has 47 heavy (non-hydrogen) atoms. The van der Waals surface area contributed by atoms with Gasteiger partial charge in [-0.3, -0.25) is 9.59 Å². The fraction of sp³-hybridized carbons (Fsp3) is 0.471. The lowest BCUT2D eigenvalue weighted by atomic mass is 9.81. The molecule has 2 aromatic rings. The number of alkyl halides is 1. The molecule has 13 heteroatoms. The van der Waals surface area contributed by atoms with E-state index in [1.807, 2.05) is 55.5 Å². The van der Waals surface area contributed by atoms with E-state index in [1.165, 1.54) is 16.7 Å². The zero-order valence-electron chi connectivity index (χ0n) is 26.6. The number of carboxylic acid groups (broad SMARTS) is 1. The highest BCUT2D eigenvalue weighted by Crippen LogP contribution is 2.56. The number of likely N-dealkylation sites (tertiary alicyclic amines) is 2. The molecule has 2 aromatic carbocycles. The molecule has 250 valence electrons. The van der Waals surface area contributed by atoms with Gasteiger partial charge in [-0.15, -0.1) is 0 Å². The van der Waals surface area contributed by atoms with E-state index in [1.54, 1.807) is 4.90 Å². The van der Waals surface area contributed by atoms with Gasteiger partial charge in [0.15, 0.2) is 5.17 Å². The van der Waals surface area contributed by atoms with Gasteiger partial charge in [0.05, 0.1) is 12.6 Å². The van der Waals surface area contributed by atoms with Crippen molar-refractivity contribution >= 4 is 58.0 Å². The summed E-state index contributed by atoms with van der Waals surface area (Å²) in [5, 5.41) is 13.1. The van der Waals surface area contributed by atoms with Gasteiger partial charge in [0.25, 0.3) is 5.91 Å². The van der Waals surface area contributed by atoms with Crippen molar-refractivity contribution in [2.45, 2.75) is 70.4 Å². The number of benzene rings is 2. The number of allylic oxidation sites excluding steroid dienone is 1. The number of carbonyl (C=O) groups excluding carboxylic acids is 2. The molecular formula is C34H38Cl2FN5O4S. The molecule has 2 fully saturated rings. The second-order valence-corrected chi connectivity index (χ2v) is 15.1. The maximum absolute atomic E-state index is 14.8. The number of nitrogens with zero attached hydrogens (tertiary/aromatic N) is 4. The van der Waals surface area contributed by atoms with Crippen LogP contribution in [0.4, 0.5) is 9.18 Å². The van der Waals surface area contributed by atoms with Gasteiger partial charge < -0.3 is 25.1 Å². The fourth-order valence-corrected chi connectivity index (χ4v) is 8.99. The number of fused-ring (bicyclic) bond motifs is 1. The maximum atomic E-state index is 14.8. The first kappa shape index (κ1) is 33.6. The number of nitrogens with one attached hydrogen (secondary N) is 1. The Labute approximate surface area is 288 Å². The Kier molecular flexibility index (Phi) is 9.28. The molecule has 9 nitrogen and oxygen atoms in total. The van der Waals surface area contributed by atoms with Crippen molar-refractivity contribution in [1.82, 2.24) is 20.0 Å². The molecule has 4 heterocycles. The number of halogens is 3. The van der Waals surface area contributed by atoms with Crippen LogP contribution in [0.1, 0.15) is 57.7 Å². The van der Waals surface area contributed by atoms with E-state index in [2.05, 4.69) is 31.0 Å². The summed E-state index contributed by atoms with van der Waals surface area (Å²) in [4.78, 5) is 50.5. The Morgan fingerprint density at radius 2 is 1.70 bits per heavy atom. The summed E-state index contributed by atoms with van der Waals surface area (Å²) in [6, 6.07) is 14.2. The van der Waals surface area contributed by atoms with E-state index >= 15 is 0 Å². The van der Waals surface area contributed by atoms with Crippen LogP contribution < -0.4 is 5.32 Å². The van der Waals surface area contributed by atoms with Crippen molar-refractivity contribution in [3.63, 3.8) is 0 Å². The Bertz CT molecular complexity index is 1640. The number of hydrogen-bond donors (Lipinski definition) is 2. The Morgan fingerprint density at radius 3 is 2.32 bits per heavy atom. The van der Waals surface area contributed by atoms with Crippen molar-refractivity contribution in [3.8, 4) is 0 Å². The Morgan fingerprint density at radius 1 is 1.06 bits per heavy atom. The second-order valence-electron chi connectivity index (χ2n) is 13.2. The lowest BCUT2D eigenvalue weighted by Crippen LogP contribution is -2.49. The van der Waals surface area contributed by atoms with Gasteiger partial charge in [-0.05, 0) is 79.8 Å². The average Bonchev–Trinajstić information content (AvgIpc) is 3.76. The van der Waals surface area contributed by atoms with Crippen molar-refractivity contribution in [3.05, 3.63) is 80.3 Å². The molecule has 0 aromatic heterocycles. The third-order valence-corrected chi connectivity index (χ3v) is 11.3. The highest BCUT2D eigenvalue weighted by molar-refractivity contribution is 8.18. The fourth-order valence-electron chi connectivity index (χ4n) is 7.38. The monoisotopic (exact) mass is 701 g/mol. The highest BCUT2D eigenvalue weighted by Gasteiger charge is 2.54. The van der Waals surface area contributed by atoms with E-state index in [4.69, 9.17) is 33.3 Å². The molecule has 2 unspecified atom stereocenters. The van der Waals surface area contributed by atoms with Gasteiger partial charge in [0, 0.05) is 40.8 Å². The van der Waals surface area contributed by atoms with E-state index in [9.17, 15) is 18.8 Å². The molecule has 0 aliphatic carbocycles. The van der Waals surface area contributed by atoms with Crippen LogP contribution in [0.5, 0.6) is 0 Å². The minimum atomic E-state index is -1.35. The van der Waals surface area contributed by atoms with Gasteiger partial charge in [0.2, 0.25) is 5.91 Å². The zero-order chi connectivity index (χ0) is 33.8. The highest BCUT2D eigenvalue weighted by atomic mass is 35.5. The molecular weight excluding hydrogens is 664 g/mol. The lowest BCUT2D eigenvalue weighted by molar-refractivity contribution is -0.142. The van der Waals surface area contributed by atoms with Crippen LogP contribution in [0.15, 0.2) is 64.1 Å². The smallest absolute Gasteiger partial charge is 0.404 e. The number of amidine groups is 1. The first-order valence-corrected chi connectivity index (χ1v) is 17.4. The first-order valence-electron chi connectivity index (χ1n) is 15.8. The number of aliphatic imine (C=N–C) groups is 1. The predicted molar refractivity (Wildman–Crippen MR) is 182 cm³/mol. The van der Waals surface area contributed by atoms with Crippen LogP contribution >= 0.6 is 35.0 Å². The minimum absolute atomic E-state index is 0.0584. The number of rotatable bonds is 7. The van der Waals surface area contributed by atoms with E-state index < -0.39 is 29.8 Å². The van der Waals surface area contributed by atoms with Crippen molar-refractivity contribution < 1.29 is 23.9 Å². The molecule has 0 bridgehead atoms. The molecule has 6 atom stereocenters. The lowest BCUT2D eigenvalue weighted by Gasteiger charge is -2.37. The first-order chi connectivity index (χ1) is 22.3. The molecule has 0 saturated carbocycles. The zero-order valence-corrected chi connectivity index (χ0v) is 28.9. The summed E-state index contributed by atoms with van der Waals surface area (Å²) in [7, 11) is 0. The maximum Gasteiger partial charge on any atom is 0.404 e. The summed E-state index contributed by atoms with van der Waals surface area (Å²) in [5.74, 6) is -1.23. The largest absolute Gasteiger partial charge is 0.465 e. The average molecular weight is 703 g/mol. The van der Waals surface area contributed by atoms with Gasteiger partial charge in [0.1, 0.15) is 22.7 Å². The minimum Gasteiger partial charge on any atom is -0.465 e. The third-order valence-electron chi connectivity index (χ3n) is 9.74. The SMILES string of the molecule is CC(C)C1=C(C(=O)N2[C@H](C)CC[C@H]2C(=O)N2CC(F)C(CNC(=O)O)C2)SC2=N[C@@](C)(c3ccc(Cl)cc3)[C@@H](c3ccc(Cl)cc3)N21. The number of carbonyl (C=O) groups is 3. The molecule has 3 amide bonds. The van der Waals surface area contributed by atoms with Gasteiger partial charge >= 0.3 is 6.09 Å². The summed E-state index contributed by atoms with van der Waals surface area (Å²) >= 11 is 13.9. The Hall–Kier alpha value is -3.28. The number of amides is 3. The number of thioether (sulfide) groups is 1. The van der Waals surface area contributed by atoms with Gasteiger partial charge in [-0.25, -0.2) is 14.2 Å². The number of hydrogen-bond acceptors (Lipinski definition) is 6. The normalized spacial score (nSPS) is 28.7. The molecule has 6 rings (SSSR count). The van der Waals surface area contributed by atoms with Crippen molar-refractivity contribution in [2.75, 3.05) is 19.6 Å². The summed E-state index contributed by atoms with van der Waals surface area (Å²) in [6.45, 7) is 8.03. The summed E-state index contributed by atoms with van der Waals surface area (Å²) < 4.78 is 14.8. The standard InChI is InChI=1S/C34H38Cl2FN5O4S/c1-18(2)27-28(31(44)41-19(3)5-14-26(41)30(43)40-16-21(25(37)17-40)15-38-33(45)46)47-32-39-34(4,22-8-12-24(36)13-9-22)29(42(27)32)20-6-10-23(35)11-7-20/h6-13,18-19,21,25-26,29,38H,5,14-17H2,1-4H3,(H,45,46)/t19-,21?,25?,26+,29-,34+/m1/s1. The van der Waals surface area contributed by atoms with Crippen molar-refractivity contribution in [1.29, 1.82) is 0 Å². The second kappa shape index (κ2) is 13.0. The predicted octanol–water partition coefficient (Wildman–Crippen LogP) is 6.68. The van der Waals surface area contributed by atoms with Crippen LogP contribution in [0, 0.1) is 11.8 Å². The summed E-state index contributed by atoms with van der Waals surface area (Å²) in [6.07, 6.45) is -1.47. The van der Waals surface area contributed by atoms with E-state index in [0.717, 1.165) is 16.8 Å². The quantitative estimate of drug-likeness (QED) is 0.334. The molecule has 4 aliphatic rings. The van der Waals surface area contributed by atoms with Gasteiger partial charge in [-0.1, -0.05) is 61.3 Å². The topological polar surface area (TPSA) is 106 Å². The van der Waals surface area contributed by atoms with Crippen LogP contribution in [0.25, 0.3) is 0 Å². The van der Waals surface area contributed by atoms with Crippen LogP contribution in [0.2, 0.25) is 10.0 Å². The summed E-state index contributed by atoms with van der Waals surface area (Å²) in [5.41, 5.74) is 2.10. The van der Waals surface area contributed by atoms with Crippen molar-refractivity contribution in [2.24, 2.45) is 16.8 Å². The van der Waals surface area contributed by atoms with E-state index in [-0.39, 0.29) is 49.5 Å². The Balaban J connectivity index is 1.33. The molecule has 0 spiro atoms. The van der Waals surface area contributed by atoms with Gasteiger partial charge in [-0.2, -0.15) is 0 Å². The van der Waals surface area contributed by atoms with Crippen LogP contribution in [0.3, 0.4) is 0 Å². The molecule has 2 N–H and O–H groups in total.